The first-order valence-corrected chi connectivity index (χ1v) is 9.81. The summed E-state index contributed by atoms with van der Waals surface area (Å²) in [6.45, 7) is 2.87. The van der Waals surface area contributed by atoms with Crippen LogP contribution in [0.3, 0.4) is 0 Å². The molecule has 0 aliphatic carbocycles. The molecule has 0 bridgehead atoms. The van der Waals surface area contributed by atoms with E-state index >= 15 is 0 Å². The zero-order chi connectivity index (χ0) is 21.1. The molecule has 1 unspecified atom stereocenters. The van der Waals surface area contributed by atoms with Crippen molar-refractivity contribution in [2.75, 3.05) is 47.0 Å². The predicted octanol–water partition coefficient (Wildman–Crippen LogP) is 3.16. The van der Waals surface area contributed by atoms with Gasteiger partial charge in [0, 0.05) is 39.8 Å². The number of guanidine groups is 1. The number of benzene rings is 1. The van der Waals surface area contributed by atoms with Gasteiger partial charge in [-0.15, -0.1) is 24.0 Å². The number of halogens is 4. The molecule has 0 saturated carbocycles. The zero-order valence-corrected chi connectivity index (χ0v) is 19.8. The highest BCUT2D eigenvalue weighted by atomic mass is 127. The van der Waals surface area contributed by atoms with Crippen LogP contribution in [-0.4, -0.2) is 70.1 Å². The lowest BCUT2D eigenvalue weighted by Crippen LogP contribution is -2.45. The van der Waals surface area contributed by atoms with E-state index in [0.29, 0.717) is 18.2 Å². The average Bonchev–Trinajstić information content (AvgIpc) is 3.14. The monoisotopic (exact) mass is 544 g/mol. The summed E-state index contributed by atoms with van der Waals surface area (Å²) < 4.78 is 46.2. The Kier molecular flexibility index (Phi) is 12.6. The lowest BCUT2D eigenvalue weighted by molar-refractivity contribution is -0.176. The highest BCUT2D eigenvalue weighted by Gasteiger charge is 2.27. The molecule has 172 valence electrons. The molecule has 1 fully saturated rings. The van der Waals surface area contributed by atoms with E-state index in [1.807, 2.05) is 12.1 Å². The Balaban J connectivity index is 0.00000450. The average molecular weight is 544 g/mol. The SMILES string of the molecule is CN=C(NCc1ccc(COCC(F)(F)F)cc1)NCC1CCCN1CCOC.I. The Morgan fingerprint density at radius 2 is 1.90 bits per heavy atom. The summed E-state index contributed by atoms with van der Waals surface area (Å²) in [4.78, 5) is 6.69. The molecule has 1 atom stereocenters. The second-order valence-electron chi connectivity index (χ2n) is 7.06. The second kappa shape index (κ2) is 14.0. The van der Waals surface area contributed by atoms with Crippen molar-refractivity contribution in [3.63, 3.8) is 0 Å². The van der Waals surface area contributed by atoms with Gasteiger partial charge in [-0.25, -0.2) is 0 Å². The molecule has 10 heteroatoms. The Bertz CT molecular complexity index is 629. The van der Waals surface area contributed by atoms with Crippen LogP contribution in [0.25, 0.3) is 0 Å². The summed E-state index contributed by atoms with van der Waals surface area (Å²) in [7, 11) is 3.45. The molecule has 1 aliphatic rings. The van der Waals surface area contributed by atoms with Crippen molar-refractivity contribution in [3.05, 3.63) is 35.4 Å². The minimum absolute atomic E-state index is 0. The van der Waals surface area contributed by atoms with E-state index in [0.717, 1.165) is 44.2 Å². The molecule has 0 radical (unpaired) electrons. The molecule has 30 heavy (non-hydrogen) atoms. The highest BCUT2D eigenvalue weighted by Crippen LogP contribution is 2.16. The quantitative estimate of drug-likeness (QED) is 0.270. The predicted molar refractivity (Wildman–Crippen MR) is 122 cm³/mol. The standard InChI is InChI=1S/C20H31F3N4O2.HI/c1-24-19(26-13-18-4-3-9-27(18)10-11-28-2)25-12-16-5-7-17(8-6-16)14-29-15-20(21,22)23;/h5-8,18H,3-4,9-15H2,1-2H3,(H2,24,25,26);1H. The molecular weight excluding hydrogens is 512 g/mol. The van der Waals surface area contributed by atoms with Gasteiger partial charge in [-0.1, -0.05) is 24.3 Å². The Morgan fingerprint density at radius 3 is 2.53 bits per heavy atom. The van der Waals surface area contributed by atoms with E-state index in [1.54, 1.807) is 26.3 Å². The van der Waals surface area contributed by atoms with Gasteiger partial charge in [-0.3, -0.25) is 9.89 Å². The molecule has 0 amide bonds. The van der Waals surface area contributed by atoms with Gasteiger partial charge in [0.2, 0.25) is 0 Å². The number of alkyl halides is 3. The lowest BCUT2D eigenvalue weighted by atomic mass is 10.1. The van der Waals surface area contributed by atoms with Crippen LogP contribution in [0, 0.1) is 0 Å². The van der Waals surface area contributed by atoms with Crippen LogP contribution in [-0.2, 0) is 22.6 Å². The number of rotatable bonds is 10. The van der Waals surface area contributed by atoms with Gasteiger partial charge in [0.05, 0.1) is 13.2 Å². The number of hydrogen-bond donors (Lipinski definition) is 2. The van der Waals surface area contributed by atoms with Crippen molar-refractivity contribution in [3.8, 4) is 0 Å². The topological polar surface area (TPSA) is 58.1 Å². The number of nitrogens with zero attached hydrogens (tertiary/aromatic N) is 2. The molecule has 0 spiro atoms. The molecule has 2 rings (SSSR count). The zero-order valence-electron chi connectivity index (χ0n) is 17.5. The normalized spacial score (nSPS) is 17.6. The Hall–Kier alpha value is -1.11. The summed E-state index contributed by atoms with van der Waals surface area (Å²) in [5.41, 5.74) is 1.72. The van der Waals surface area contributed by atoms with Crippen molar-refractivity contribution in [1.29, 1.82) is 0 Å². The maximum absolute atomic E-state index is 12.1. The number of methoxy groups -OCH3 is 1. The van der Waals surface area contributed by atoms with Crippen LogP contribution in [0.4, 0.5) is 13.2 Å². The highest BCUT2D eigenvalue weighted by molar-refractivity contribution is 14.0. The van der Waals surface area contributed by atoms with E-state index in [4.69, 9.17) is 4.74 Å². The molecule has 0 aromatic heterocycles. The van der Waals surface area contributed by atoms with Crippen LogP contribution in [0.15, 0.2) is 29.3 Å². The molecule has 2 N–H and O–H groups in total. The van der Waals surface area contributed by atoms with Crippen LogP contribution < -0.4 is 10.6 Å². The van der Waals surface area contributed by atoms with E-state index in [1.165, 1.54) is 6.42 Å². The molecule has 1 aromatic rings. The summed E-state index contributed by atoms with van der Waals surface area (Å²) in [5, 5.41) is 6.64. The smallest absolute Gasteiger partial charge is 0.383 e. The molecular formula is C20H32F3IN4O2. The first-order valence-electron chi connectivity index (χ1n) is 9.81. The number of likely N-dealkylation sites (tertiary alicyclic amines) is 1. The third-order valence-corrected chi connectivity index (χ3v) is 4.83. The second-order valence-corrected chi connectivity index (χ2v) is 7.06. The lowest BCUT2D eigenvalue weighted by Gasteiger charge is -2.25. The van der Waals surface area contributed by atoms with Crippen molar-refractivity contribution < 1.29 is 22.6 Å². The van der Waals surface area contributed by atoms with Crippen LogP contribution >= 0.6 is 24.0 Å². The molecule has 6 nitrogen and oxygen atoms in total. The third kappa shape index (κ3) is 10.3. The van der Waals surface area contributed by atoms with E-state index in [2.05, 4.69) is 25.3 Å². The van der Waals surface area contributed by atoms with Gasteiger partial charge >= 0.3 is 6.18 Å². The maximum Gasteiger partial charge on any atom is 0.411 e. The Morgan fingerprint density at radius 1 is 1.20 bits per heavy atom. The fourth-order valence-corrected chi connectivity index (χ4v) is 3.29. The molecule has 1 heterocycles. The van der Waals surface area contributed by atoms with Gasteiger partial charge in [-0.05, 0) is 30.5 Å². The van der Waals surface area contributed by atoms with Gasteiger partial charge in [0.1, 0.15) is 6.61 Å². The molecule has 1 aromatic carbocycles. The van der Waals surface area contributed by atoms with Crippen LogP contribution in [0.5, 0.6) is 0 Å². The molecule has 1 saturated heterocycles. The first kappa shape index (κ1) is 26.9. The van der Waals surface area contributed by atoms with Gasteiger partial charge in [0.15, 0.2) is 5.96 Å². The number of ether oxygens (including phenoxy) is 2. The maximum atomic E-state index is 12.1. The minimum atomic E-state index is -4.30. The first-order chi connectivity index (χ1) is 13.9. The van der Waals surface area contributed by atoms with E-state index < -0.39 is 12.8 Å². The van der Waals surface area contributed by atoms with Crippen molar-refractivity contribution in [2.24, 2.45) is 4.99 Å². The van der Waals surface area contributed by atoms with E-state index in [9.17, 15) is 13.2 Å². The summed E-state index contributed by atoms with van der Waals surface area (Å²) in [6.07, 6.45) is -1.95. The van der Waals surface area contributed by atoms with E-state index in [-0.39, 0.29) is 30.6 Å². The van der Waals surface area contributed by atoms with Crippen molar-refractivity contribution in [1.82, 2.24) is 15.5 Å². The fourth-order valence-electron chi connectivity index (χ4n) is 3.29. The number of hydrogen-bond acceptors (Lipinski definition) is 4. The van der Waals surface area contributed by atoms with Gasteiger partial charge in [0.25, 0.3) is 0 Å². The van der Waals surface area contributed by atoms with Crippen LogP contribution in [0.1, 0.15) is 24.0 Å². The number of aliphatic imine (C=N–C) groups is 1. The van der Waals surface area contributed by atoms with Crippen molar-refractivity contribution >= 4 is 29.9 Å². The largest absolute Gasteiger partial charge is 0.411 e. The molecule has 1 aliphatic heterocycles. The van der Waals surface area contributed by atoms with Crippen molar-refractivity contribution in [2.45, 2.75) is 38.2 Å². The summed E-state index contributed by atoms with van der Waals surface area (Å²) >= 11 is 0. The fraction of sp³-hybridized carbons (Fsp3) is 0.650. The van der Waals surface area contributed by atoms with Gasteiger partial charge in [-0.2, -0.15) is 13.2 Å². The summed E-state index contributed by atoms with van der Waals surface area (Å²) in [5.74, 6) is 0.723. The minimum Gasteiger partial charge on any atom is -0.383 e. The van der Waals surface area contributed by atoms with Gasteiger partial charge < -0.3 is 20.1 Å². The number of nitrogens with one attached hydrogen (secondary N) is 2. The Labute approximate surface area is 193 Å². The summed E-state index contributed by atoms with van der Waals surface area (Å²) in [6, 6.07) is 7.76. The third-order valence-electron chi connectivity index (χ3n) is 4.83. The van der Waals surface area contributed by atoms with Crippen LogP contribution in [0.2, 0.25) is 0 Å².